The van der Waals surface area contributed by atoms with Crippen molar-refractivity contribution in [3.63, 3.8) is 0 Å². The van der Waals surface area contributed by atoms with Gasteiger partial charge in [0.1, 0.15) is 5.56 Å². The molecule has 0 heterocycles. The van der Waals surface area contributed by atoms with Crippen molar-refractivity contribution < 1.29 is 9.72 Å². The van der Waals surface area contributed by atoms with Gasteiger partial charge in [0.15, 0.2) is 0 Å². The molecule has 0 bridgehead atoms. The molecular formula is C15H14N2O3. The van der Waals surface area contributed by atoms with Gasteiger partial charge in [-0.1, -0.05) is 42.5 Å². The van der Waals surface area contributed by atoms with Crippen molar-refractivity contribution in [2.45, 2.75) is 13.0 Å². The number of amides is 1. The van der Waals surface area contributed by atoms with Crippen LogP contribution in [0.25, 0.3) is 0 Å². The topological polar surface area (TPSA) is 72.2 Å². The lowest BCUT2D eigenvalue weighted by Crippen LogP contribution is -2.27. The van der Waals surface area contributed by atoms with E-state index in [0.29, 0.717) is 0 Å². The van der Waals surface area contributed by atoms with Gasteiger partial charge in [0.2, 0.25) is 0 Å². The van der Waals surface area contributed by atoms with Gasteiger partial charge in [-0.15, -0.1) is 0 Å². The van der Waals surface area contributed by atoms with Gasteiger partial charge in [-0.25, -0.2) is 0 Å². The minimum Gasteiger partial charge on any atom is -0.345 e. The Labute approximate surface area is 116 Å². The minimum absolute atomic E-state index is 0.0697. The highest BCUT2D eigenvalue weighted by molar-refractivity contribution is 5.98. The van der Waals surface area contributed by atoms with E-state index in [4.69, 9.17) is 0 Å². The Morgan fingerprint density at radius 2 is 1.70 bits per heavy atom. The minimum atomic E-state index is -0.553. The van der Waals surface area contributed by atoms with E-state index in [9.17, 15) is 14.9 Å². The van der Waals surface area contributed by atoms with Crippen molar-refractivity contribution in [2.75, 3.05) is 0 Å². The zero-order chi connectivity index (χ0) is 14.5. The third-order valence-electron chi connectivity index (χ3n) is 2.99. The summed E-state index contributed by atoms with van der Waals surface area (Å²) in [5, 5.41) is 13.7. The summed E-state index contributed by atoms with van der Waals surface area (Å²) in [5.74, 6) is -0.450. The molecule has 20 heavy (non-hydrogen) atoms. The first kappa shape index (κ1) is 13.7. The van der Waals surface area contributed by atoms with Crippen molar-refractivity contribution in [2.24, 2.45) is 0 Å². The summed E-state index contributed by atoms with van der Waals surface area (Å²) in [6, 6.07) is 15.1. The van der Waals surface area contributed by atoms with Crippen molar-refractivity contribution in [1.82, 2.24) is 5.32 Å². The molecule has 0 unspecified atom stereocenters. The van der Waals surface area contributed by atoms with Crippen LogP contribution in [0.5, 0.6) is 0 Å². The third-order valence-corrected chi connectivity index (χ3v) is 2.99. The van der Waals surface area contributed by atoms with Crippen molar-refractivity contribution in [1.29, 1.82) is 0 Å². The van der Waals surface area contributed by atoms with E-state index >= 15 is 0 Å². The zero-order valence-corrected chi connectivity index (χ0v) is 10.9. The summed E-state index contributed by atoms with van der Waals surface area (Å²) in [6.07, 6.45) is 0. The van der Waals surface area contributed by atoms with Crippen LogP contribution in [0.2, 0.25) is 0 Å². The van der Waals surface area contributed by atoms with Crippen molar-refractivity contribution >= 4 is 11.6 Å². The second-order valence-corrected chi connectivity index (χ2v) is 4.38. The molecule has 0 spiro atoms. The Bertz CT molecular complexity index is 626. The average Bonchev–Trinajstić information content (AvgIpc) is 2.48. The van der Waals surface area contributed by atoms with E-state index in [1.807, 2.05) is 37.3 Å². The molecule has 0 fully saturated rings. The lowest BCUT2D eigenvalue weighted by Gasteiger charge is -2.14. The Hall–Kier alpha value is -2.69. The Morgan fingerprint density at radius 3 is 2.35 bits per heavy atom. The van der Waals surface area contributed by atoms with Crippen LogP contribution in [0.4, 0.5) is 5.69 Å². The van der Waals surface area contributed by atoms with Gasteiger partial charge in [-0.2, -0.15) is 0 Å². The van der Waals surface area contributed by atoms with Gasteiger partial charge in [0, 0.05) is 6.07 Å². The van der Waals surface area contributed by atoms with E-state index in [0.717, 1.165) is 5.56 Å². The first-order valence-corrected chi connectivity index (χ1v) is 6.19. The number of nitro groups is 1. The van der Waals surface area contributed by atoms with Gasteiger partial charge in [0.05, 0.1) is 11.0 Å². The number of nitro benzene ring substituents is 1. The lowest BCUT2D eigenvalue weighted by molar-refractivity contribution is -0.385. The maximum absolute atomic E-state index is 12.1. The van der Waals surface area contributed by atoms with Crippen LogP contribution in [0, 0.1) is 10.1 Å². The number of nitrogens with one attached hydrogen (secondary N) is 1. The summed E-state index contributed by atoms with van der Waals surface area (Å²) in [4.78, 5) is 22.5. The molecule has 1 atom stereocenters. The fourth-order valence-corrected chi connectivity index (χ4v) is 1.92. The fourth-order valence-electron chi connectivity index (χ4n) is 1.92. The molecule has 0 saturated carbocycles. The largest absolute Gasteiger partial charge is 0.345 e. The molecule has 102 valence electrons. The molecule has 0 aliphatic rings. The molecule has 2 rings (SSSR count). The third kappa shape index (κ3) is 3.00. The van der Waals surface area contributed by atoms with E-state index in [1.54, 1.807) is 6.07 Å². The predicted molar refractivity (Wildman–Crippen MR) is 75.4 cm³/mol. The van der Waals surface area contributed by atoms with Crippen LogP contribution in [-0.2, 0) is 0 Å². The number of nitrogens with zero attached hydrogens (tertiary/aromatic N) is 1. The number of carbonyl (C=O) groups excluding carboxylic acids is 1. The van der Waals surface area contributed by atoms with Crippen molar-refractivity contribution in [3.8, 4) is 0 Å². The van der Waals surface area contributed by atoms with Crippen molar-refractivity contribution in [3.05, 3.63) is 75.8 Å². The molecular weight excluding hydrogens is 256 g/mol. The standard InChI is InChI=1S/C15H14N2O3/c1-11(12-7-3-2-4-8-12)16-15(18)13-9-5-6-10-14(13)17(19)20/h2-11H,1H3,(H,16,18)/t11-/m0/s1. The van der Waals surface area contributed by atoms with Gasteiger partial charge < -0.3 is 5.32 Å². The average molecular weight is 270 g/mol. The molecule has 0 aromatic heterocycles. The van der Waals surface area contributed by atoms with E-state index < -0.39 is 10.8 Å². The Balaban J connectivity index is 2.19. The number of rotatable bonds is 4. The number of hydrogen-bond donors (Lipinski definition) is 1. The van der Waals surface area contributed by atoms with Crippen LogP contribution in [-0.4, -0.2) is 10.8 Å². The molecule has 5 heteroatoms. The van der Waals surface area contributed by atoms with Gasteiger partial charge in [-0.3, -0.25) is 14.9 Å². The normalized spacial score (nSPS) is 11.7. The van der Waals surface area contributed by atoms with Crippen LogP contribution in [0.1, 0.15) is 28.9 Å². The molecule has 0 saturated heterocycles. The van der Waals surface area contributed by atoms with Gasteiger partial charge >= 0.3 is 0 Å². The number of carbonyl (C=O) groups is 1. The van der Waals surface area contributed by atoms with Crippen LogP contribution in [0.3, 0.4) is 0 Å². The SMILES string of the molecule is C[C@H](NC(=O)c1ccccc1[N+](=O)[O-])c1ccccc1. The highest BCUT2D eigenvalue weighted by Gasteiger charge is 2.20. The molecule has 0 aliphatic heterocycles. The van der Waals surface area contributed by atoms with Crippen LogP contribution in [0.15, 0.2) is 54.6 Å². The summed E-state index contributed by atoms with van der Waals surface area (Å²) in [7, 11) is 0. The fraction of sp³-hybridized carbons (Fsp3) is 0.133. The molecule has 1 N–H and O–H groups in total. The van der Waals surface area contributed by atoms with E-state index in [1.165, 1.54) is 18.2 Å². The van der Waals surface area contributed by atoms with Crippen LogP contribution < -0.4 is 5.32 Å². The summed E-state index contributed by atoms with van der Waals surface area (Å²) >= 11 is 0. The number of hydrogen-bond acceptors (Lipinski definition) is 3. The van der Waals surface area contributed by atoms with E-state index in [-0.39, 0.29) is 17.3 Å². The first-order valence-electron chi connectivity index (χ1n) is 6.19. The summed E-state index contributed by atoms with van der Waals surface area (Å²) < 4.78 is 0. The lowest BCUT2D eigenvalue weighted by atomic mass is 10.1. The van der Waals surface area contributed by atoms with E-state index in [2.05, 4.69) is 5.32 Å². The monoisotopic (exact) mass is 270 g/mol. The highest BCUT2D eigenvalue weighted by atomic mass is 16.6. The van der Waals surface area contributed by atoms with Gasteiger partial charge in [-0.05, 0) is 18.6 Å². The zero-order valence-electron chi connectivity index (χ0n) is 10.9. The molecule has 5 nitrogen and oxygen atoms in total. The quantitative estimate of drug-likeness (QED) is 0.685. The smallest absolute Gasteiger partial charge is 0.282 e. The summed E-state index contributed by atoms with van der Waals surface area (Å²) in [5.41, 5.74) is 0.824. The molecule has 1 amide bonds. The maximum Gasteiger partial charge on any atom is 0.282 e. The molecule has 0 radical (unpaired) electrons. The highest BCUT2D eigenvalue weighted by Crippen LogP contribution is 2.19. The predicted octanol–water partition coefficient (Wildman–Crippen LogP) is 3.09. The second-order valence-electron chi connectivity index (χ2n) is 4.38. The second kappa shape index (κ2) is 5.97. The maximum atomic E-state index is 12.1. The Kier molecular flexibility index (Phi) is 4.10. The van der Waals surface area contributed by atoms with Crippen LogP contribution >= 0.6 is 0 Å². The molecule has 0 aliphatic carbocycles. The molecule has 2 aromatic rings. The number of benzene rings is 2. The Morgan fingerprint density at radius 1 is 1.10 bits per heavy atom. The molecule has 2 aromatic carbocycles. The first-order chi connectivity index (χ1) is 9.59. The van der Waals surface area contributed by atoms with Gasteiger partial charge in [0.25, 0.3) is 11.6 Å². The number of para-hydroxylation sites is 1. The summed E-state index contributed by atoms with van der Waals surface area (Å²) in [6.45, 7) is 1.84.